The summed E-state index contributed by atoms with van der Waals surface area (Å²) in [6.07, 6.45) is 1.75. The fraction of sp³-hybridized carbons (Fsp3) is 0.294. The molecule has 2 rings (SSSR count). The largest absolute Gasteiger partial charge is 0.103 e. The summed E-state index contributed by atoms with van der Waals surface area (Å²) in [4.78, 5) is 2.72. The van der Waals surface area contributed by atoms with E-state index in [2.05, 4.69) is 51.3 Å². The minimum atomic E-state index is 1.18. The number of aryl methyl sites for hydroxylation is 1. The summed E-state index contributed by atoms with van der Waals surface area (Å²) in [5.74, 6) is 0. The van der Waals surface area contributed by atoms with Crippen LogP contribution in [0.15, 0.2) is 61.8 Å². The van der Waals surface area contributed by atoms with Gasteiger partial charge in [0.1, 0.15) is 0 Å². The summed E-state index contributed by atoms with van der Waals surface area (Å²) in [6.45, 7) is 17.6. The molecule has 0 aromatic heterocycles. The van der Waals surface area contributed by atoms with E-state index in [1.165, 1.54) is 23.8 Å². The van der Waals surface area contributed by atoms with E-state index in [0.717, 1.165) is 0 Å². The van der Waals surface area contributed by atoms with Crippen molar-refractivity contribution in [2.24, 2.45) is 0 Å². The van der Waals surface area contributed by atoms with Crippen molar-refractivity contribution in [3.8, 4) is 0 Å². The quantitative estimate of drug-likeness (QED) is 0.519. The molecule has 0 nitrogen and oxygen atoms in total. The first-order chi connectivity index (χ1) is 9.58. The fourth-order valence-electron chi connectivity index (χ4n) is 1.27. The fourth-order valence-corrected chi connectivity index (χ4v) is 4.95. The Balaban J connectivity index is 0.000000641. The van der Waals surface area contributed by atoms with Gasteiger partial charge in [0.15, 0.2) is 0 Å². The van der Waals surface area contributed by atoms with Gasteiger partial charge in [-0.1, -0.05) is 80.0 Å². The molecule has 3 heteroatoms. The summed E-state index contributed by atoms with van der Waals surface area (Å²) in [5, 5.41) is 0. The Hall–Kier alpha value is -0.510. The maximum Gasteiger partial charge on any atom is 0.0599 e. The van der Waals surface area contributed by atoms with Crippen LogP contribution in [0, 0.1) is 6.92 Å². The summed E-state index contributed by atoms with van der Waals surface area (Å²) < 4.78 is 2.56. The van der Waals surface area contributed by atoms with Crippen molar-refractivity contribution in [3.05, 3.63) is 62.4 Å². The second-order valence-corrected chi connectivity index (χ2v) is 7.68. The minimum Gasteiger partial charge on any atom is -0.103 e. The van der Waals surface area contributed by atoms with Crippen LogP contribution in [0.3, 0.4) is 0 Å². The maximum absolute atomic E-state index is 3.99. The lowest BCUT2D eigenvalue weighted by Crippen LogP contribution is -1.77. The summed E-state index contributed by atoms with van der Waals surface area (Å²) in [5.41, 5.74) is 1.34. The molecule has 0 radical (unpaired) electrons. The Bertz CT molecular complexity index is 473. The number of allylic oxidation sites excluding steroid dienone is 2. The number of benzene rings is 1. The normalized spacial score (nSPS) is 13.2. The molecule has 1 aliphatic heterocycles. The van der Waals surface area contributed by atoms with Crippen LogP contribution in [-0.4, -0.2) is 0 Å². The highest BCUT2D eigenvalue weighted by molar-refractivity contribution is 8.35. The monoisotopic (exact) mass is 324 g/mol. The molecule has 0 saturated heterocycles. The van der Waals surface area contributed by atoms with E-state index in [1.54, 1.807) is 29.6 Å². The van der Waals surface area contributed by atoms with Gasteiger partial charge in [-0.15, -0.1) is 6.58 Å². The zero-order chi connectivity index (χ0) is 15.5. The topological polar surface area (TPSA) is 0 Å². The first-order valence-corrected chi connectivity index (χ1v) is 9.09. The van der Waals surface area contributed by atoms with E-state index in [4.69, 9.17) is 0 Å². The average Bonchev–Trinajstić information content (AvgIpc) is 2.74. The third-order valence-corrected chi connectivity index (χ3v) is 5.94. The molecule has 1 aliphatic rings. The number of thioether (sulfide) groups is 3. The standard InChI is InChI=1S/C12H12S3.C3H6.C2H6/c1-8-6-4-5-7-11(8)15-12-9(2)13-10(3)14-12;1-3-2;1-2/h4-7H,3H2,1-2H3;3H,1H2,2H3;1-2H3. The molecule has 0 amide bonds. The lowest BCUT2D eigenvalue weighted by atomic mass is 10.2. The highest BCUT2D eigenvalue weighted by atomic mass is 32.2. The molecule has 0 saturated carbocycles. The van der Waals surface area contributed by atoms with Gasteiger partial charge >= 0.3 is 0 Å². The van der Waals surface area contributed by atoms with Gasteiger partial charge in [0, 0.05) is 14.0 Å². The van der Waals surface area contributed by atoms with Crippen molar-refractivity contribution in [3.63, 3.8) is 0 Å². The van der Waals surface area contributed by atoms with E-state index >= 15 is 0 Å². The molecule has 0 spiro atoms. The molecule has 0 unspecified atom stereocenters. The second-order valence-electron chi connectivity index (χ2n) is 3.70. The van der Waals surface area contributed by atoms with Crippen molar-refractivity contribution in [2.75, 3.05) is 0 Å². The van der Waals surface area contributed by atoms with Crippen molar-refractivity contribution >= 4 is 35.3 Å². The van der Waals surface area contributed by atoms with Crippen LogP contribution in [0.4, 0.5) is 0 Å². The van der Waals surface area contributed by atoms with Gasteiger partial charge in [0.2, 0.25) is 0 Å². The van der Waals surface area contributed by atoms with Gasteiger partial charge in [-0.05, 0) is 32.4 Å². The smallest absolute Gasteiger partial charge is 0.0599 e. The second kappa shape index (κ2) is 11.2. The summed E-state index contributed by atoms with van der Waals surface area (Å²) in [6, 6.07) is 8.50. The van der Waals surface area contributed by atoms with E-state index in [-0.39, 0.29) is 0 Å². The van der Waals surface area contributed by atoms with Crippen LogP contribution in [0.2, 0.25) is 0 Å². The van der Waals surface area contributed by atoms with Gasteiger partial charge in [0.05, 0.1) is 4.24 Å². The van der Waals surface area contributed by atoms with Gasteiger partial charge in [0.25, 0.3) is 0 Å². The minimum absolute atomic E-state index is 1.18. The highest BCUT2D eigenvalue weighted by Crippen LogP contribution is 2.54. The van der Waals surface area contributed by atoms with E-state index in [0.29, 0.717) is 0 Å². The van der Waals surface area contributed by atoms with Crippen LogP contribution in [0.25, 0.3) is 0 Å². The van der Waals surface area contributed by atoms with Gasteiger partial charge in [-0.25, -0.2) is 0 Å². The van der Waals surface area contributed by atoms with Crippen LogP contribution in [0.5, 0.6) is 0 Å². The molecule has 0 bridgehead atoms. The Kier molecular flexibility index (Phi) is 10.9. The lowest BCUT2D eigenvalue weighted by Gasteiger charge is -2.05. The van der Waals surface area contributed by atoms with Crippen molar-refractivity contribution in [2.45, 2.75) is 39.5 Å². The molecule has 0 atom stereocenters. The Morgan fingerprint density at radius 3 is 2.10 bits per heavy atom. The number of hydrogen-bond donors (Lipinski definition) is 0. The molecule has 110 valence electrons. The highest BCUT2D eigenvalue weighted by Gasteiger charge is 2.17. The SMILES string of the molecule is C=C1SC(C)=C(Sc2ccccc2C)S1.C=CC.CC. The first kappa shape index (κ1) is 19.5. The molecule has 1 aromatic carbocycles. The van der Waals surface area contributed by atoms with Crippen LogP contribution < -0.4 is 0 Å². The molecule has 1 aromatic rings. The van der Waals surface area contributed by atoms with Gasteiger partial charge < -0.3 is 0 Å². The van der Waals surface area contributed by atoms with E-state index in [1.807, 2.05) is 32.5 Å². The van der Waals surface area contributed by atoms with E-state index in [9.17, 15) is 0 Å². The summed E-state index contributed by atoms with van der Waals surface area (Å²) >= 11 is 5.42. The van der Waals surface area contributed by atoms with E-state index < -0.39 is 0 Å². The maximum atomic E-state index is 3.99. The Morgan fingerprint density at radius 1 is 1.10 bits per heavy atom. The zero-order valence-electron chi connectivity index (χ0n) is 13.0. The molecular formula is C17H24S3. The third-order valence-electron chi connectivity index (χ3n) is 2.06. The average molecular weight is 325 g/mol. The van der Waals surface area contributed by atoms with Gasteiger partial charge in [-0.2, -0.15) is 0 Å². The van der Waals surface area contributed by atoms with Crippen molar-refractivity contribution in [1.82, 2.24) is 0 Å². The lowest BCUT2D eigenvalue weighted by molar-refractivity contribution is 1.31. The number of hydrogen-bond acceptors (Lipinski definition) is 3. The van der Waals surface area contributed by atoms with Crippen molar-refractivity contribution < 1.29 is 0 Å². The van der Waals surface area contributed by atoms with Crippen molar-refractivity contribution in [1.29, 1.82) is 0 Å². The predicted octanol–water partition coefficient (Wildman–Crippen LogP) is 7.45. The third kappa shape index (κ3) is 6.78. The predicted molar refractivity (Wildman–Crippen MR) is 101 cm³/mol. The number of rotatable bonds is 2. The first-order valence-electron chi connectivity index (χ1n) is 6.64. The molecule has 1 heterocycles. The Labute approximate surface area is 137 Å². The van der Waals surface area contributed by atoms with Gasteiger partial charge in [-0.3, -0.25) is 0 Å². The molecular weight excluding hydrogens is 300 g/mol. The summed E-state index contributed by atoms with van der Waals surface area (Å²) in [7, 11) is 0. The van der Waals surface area contributed by atoms with Crippen LogP contribution in [0.1, 0.15) is 33.3 Å². The molecule has 0 aliphatic carbocycles. The molecule has 0 N–H and O–H groups in total. The molecule has 0 fully saturated rings. The van der Waals surface area contributed by atoms with Crippen LogP contribution >= 0.6 is 35.3 Å². The molecule has 20 heavy (non-hydrogen) atoms. The Morgan fingerprint density at radius 2 is 1.65 bits per heavy atom. The zero-order valence-corrected chi connectivity index (χ0v) is 15.5. The van der Waals surface area contributed by atoms with Crippen LogP contribution in [-0.2, 0) is 0 Å².